The molecule has 0 radical (unpaired) electrons. The van der Waals surface area contributed by atoms with Crippen molar-refractivity contribution in [3.05, 3.63) is 27.3 Å². The van der Waals surface area contributed by atoms with Crippen LogP contribution in [-0.4, -0.2) is 27.7 Å². The van der Waals surface area contributed by atoms with Crippen LogP contribution in [0, 0.1) is 23.0 Å². The van der Waals surface area contributed by atoms with E-state index in [9.17, 15) is 10.1 Å². The molecular formula is C14H19N3O3S. The summed E-state index contributed by atoms with van der Waals surface area (Å²) in [7, 11) is 0. The molecule has 0 spiro atoms. The minimum absolute atomic E-state index is 0.0223. The molecule has 0 bridgehead atoms. The summed E-state index contributed by atoms with van der Waals surface area (Å²) in [5, 5.41) is 24.5. The normalized spacial score (nSPS) is 12.8. The van der Waals surface area contributed by atoms with E-state index >= 15 is 0 Å². The molecule has 2 N–H and O–H groups in total. The van der Waals surface area contributed by atoms with E-state index in [0.717, 1.165) is 15.2 Å². The lowest BCUT2D eigenvalue weighted by atomic mass is 10.0. The van der Waals surface area contributed by atoms with Crippen LogP contribution in [0.15, 0.2) is 12.1 Å². The molecule has 2 aromatic rings. The van der Waals surface area contributed by atoms with Crippen LogP contribution in [0.3, 0.4) is 0 Å². The third-order valence-corrected chi connectivity index (χ3v) is 4.33. The van der Waals surface area contributed by atoms with Crippen molar-refractivity contribution >= 4 is 32.9 Å². The van der Waals surface area contributed by atoms with Crippen LogP contribution >= 0.6 is 11.3 Å². The molecule has 1 unspecified atom stereocenters. The third-order valence-electron chi connectivity index (χ3n) is 3.40. The van der Waals surface area contributed by atoms with Crippen LogP contribution in [0.25, 0.3) is 10.2 Å². The zero-order valence-corrected chi connectivity index (χ0v) is 13.1. The first-order chi connectivity index (χ1) is 9.92. The molecule has 6 nitrogen and oxygen atoms in total. The van der Waals surface area contributed by atoms with E-state index in [1.165, 1.54) is 11.3 Å². The van der Waals surface area contributed by atoms with E-state index in [1.807, 2.05) is 20.8 Å². The predicted octanol–water partition coefficient (Wildman–Crippen LogP) is 3.33. The number of aliphatic hydroxyl groups excluding tert-OH is 1. The van der Waals surface area contributed by atoms with Crippen molar-refractivity contribution in [1.29, 1.82) is 0 Å². The van der Waals surface area contributed by atoms with Crippen LogP contribution < -0.4 is 5.32 Å². The van der Waals surface area contributed by atoms with Gasteiger partial charge < -0.3 is 10.4 Å². The maximum atomic E-state index is 11.3. The molecule has 2 rings (SSSR count). The van der Waals surface area contributed by atoms with E-state index in [1.54, 1.807) is 12.1 Å². The fraction of sp³-hybridized carbons (Fsp3) is 0.500. The molecule has 21 heavy (non-hydrogen) atoms. The van der Waals surface area contributed by atoms with Crippen molar-refractivity contribution in [1.82, 2.24) is 4.98 Å². The summed E-state index contributed by atoms with van der Waals surface area (Å²) < 4.78 is 0.813. The Kier molecular flexibility index (Phi) is 4.74. The Bertz CT molecular complexity index is 654. The zero-order chi connectivity index (χ0) is 15.6. The Morgan fingerprint density at radius 2 is 2.19 bits per heavy atom. The third kappa shape index (κ3) is 3.48. The molecule has 1 atom stereocenters. The number of aryl methyl sites for hydroxylation is 1. The number of aromatic nitrogens is 1. The van der Waals surface area contributed by atoms with E-state index in [0.29, 0.717) is 12.1 Å². The number of rotatable bonds is 6. The number of benzene rings is 1. The maximum absolute atomic E-state index is 11.3. The monoisotopic (exact) mass is 309 g/mol. The van der Waals surface area contributed by atoms with Gasteiger partial charge in [0.1, 0.15) is 5.69 Å². The molecule has 0 saturated heterocycles. The van der Waals surface area contributed by atoms with Gasteiger partial charge in [0.05, 0.1) is 20.1 Å². The molecule has 7 heteroatoms. The summed E-state index contributed by atoms with van der Waals surface area (Å²) in [4.78, 5) is 15.3. The highest BCUT2D eigenvalue weighted by molar-refractivity contribution is 7.18. The number of fused-ring (bicyclic) bond motifs is 1. The highest BCUT2D eigenvalue weighted by Gasteiger charge is 2.21. The number of aliphatic hydroxyl groups is 1. The van der Waals surface area contributed by atoms with Crippen LogP contribution in [0.2, 0.25) is 0 Å². The minimum atomic E-state index is -0.382. The van der Waals surface area contributed by atoms with Gasteiger partial charge in [-0.25, -0.2) is 4.98 Å². The van der Waals surface area contributed by atoms with Gasteiger partial charge in [-0.15, -0.1) is 11.3 Å². The number of nitrogens with one attached hydrogen (secondary N) is 1. The first-order valence-corrected chi connectivity index (χ1v) is 7.67. The average Bonchev–Trinajstić information content (AvgIpc) is 2.76. The first-order valence-electron chi connectivity index (χ1n) is 6.85. The van der Waals surface area contributed by atoms with E-state index in [-0.39, 0.29) is 29.2 Å². The van der Waals surface area contributed by atoms with Gasteiger partial charge in [0.15, 0.2) is 0 Å². The molecule has 1 heterocycles. The minimum Gasteiger partial charge on any atom is -0.396 e. The number of thiazole rings is 1. The van der Waals surface area contributed by atoms with Gasteiger partial charge in [-0.3, -0.25) is 10.1 Å². The van der Waals surface area contributed by atoms with E-state index in [4.69, 9.17) is 5.11 Å². The molecule has 0 fully saturated rings. The molecule has 0 aliphatic heterocycles. The summed E-state index contributed by atoms with van der Waals surface area (Å²) in [6, 6.07) is 3.27. The van der Waals surface area contributed by atoms with Gasteiger partial charge in [0, 0.05) is 18.7 Å². The molecule has 0 saturated carbocycles. The van der Waals surface area contributed by atoms with Crippen molar-refractivity contribution < 1.29 is 10.0 Å². The van der Waals surface area contributed by atoms with Crippen molar-refractivity contribution in [3.63, 3.8) is 0 Å². The fourth-order valence-corrected chi connectivity index (χ4v) is 3.10. The second-order valence-electron chi connectivity index (χ2n) is 5.33. The number of nitrogens with zero attached hydrogens (tertiary/aromatic N) is 2. The Balaban J connectivity index is 2.44. The standard InChI is InChI=1S/C14H19N3O3S/c1-8(2)10(4-5-18)16-11-6-12-14(21-9(3)15-12)7-13(11)17(19)20/h6-8,10,16,18H,4-5H2,1-3H3. The van der Waals surface area contributed by atoms with E-state index < -0.39 is 0 Å². The topological polar surface area (TPSA) is 88.3 Å². The fourth-order valence-electron chi connectivity index (χ4n) is 2.26. The van der Waals surface area contributed by atoms with Gasteiger partial charge in [-0.05, 0) is 25.3 Å². The Hall–Kier alpha value is -1.73. The number of nitro groups is 1. The highest BCUT2D eigenvalue weighted by Crippen LogP contribution is 2.34. The van der Waals surface area contributed by atoms with E-state index in [2.05, 4.69) is 10.3 Å². The molecule has 0 amide bonds. The van der Waals surface area contributed by atoms with Crippen molar-refractivity contribution in [2.24, 2.45) is 5.92 Å². The highest BCUT2D eigenvalue weighted by atomic mass is 32.1. The van der Waals surface area contributed by atoms with Gasteiger partial charge in [-0.2, -0.15) is 0 Å². The number of nitro benzene ring substituents is 1. The molecule has 0 aliphatic rings. The van der Waals surface area contributed by atoms with Gasteiger partial charge in [0.25, 0.3) is 5.69 Å². The average molecular weight is 309 g/mol. The molecular weight excluding hydrogens is 290 g/mol. The SMILES string of the molecule is Cc1nc2cc(NC(CCO)C(C)C)c([N+](=O)[O-])cc2s1. The molecule has 0 aliphatic carbocycles. The zero-order valence-electron chi connectivity index (χ0n) is 12.3. The number of hydrogen-bond donors (Lipinski definition) is 2. The summed E-state index contributed by atoms with van der Waals surface area (Å²) >= 11 is 1.44. The van der Waals surface area contributed by atoms with Gasteiger partial charge in [-0.1, -0.05) is 13.8 Å². The summed E-state index contributed by atoms with van der Waals surface area (Å²) in [5.74, 6) is 0.254. The number of anilines is 1. The predicted molar refractivity (Wildman–Crippen MR) is 85.0 cm³/mol. The Morgan fingerprint density at radius 3 is 2.76 bits per heavy atom. The quantitative estimate of drug-likeness (QED) is 0.631. The second kappa shape index (κ2) is 6.36. The lowest BCUT2D eigenvalue weighted by Crippen LogP contribution is -2.27. The summed E-state index contributed by atoms with van der Waals surface area (Å²) in [6.07, 6.45) is 0.545. The maximum Gasteiger partial charge on any atom is 0.293 e. The smallest absolute Gasteiger partial charge is 0.293 e. The molecule has 1 aromatic carbocycles. The largest absolute Gasteiger partial charge is 0.396 e. The van der Waals surface area contributed by atoms with Crippen molar-refractivity contribution in [3.8, 4) is 0 Å². The first kappa shape index (κ1) is 15.7. The Labute approximate surface area is 127 Å². The second-order valence-corrected chi connectivity index (χ2v) is 6.57. The van der Waals surface area contributed by atoms with Gasteiger partial charge in [0.2, 0.25) is 0 Å². The van der Waals surface area contributed by atoms with Crippen molar-refractivity contribution in [2.75, 3.05) is 11.9 Å². The van der Waals surface area contributed by atoms with Gasteiger partial charge >= 0.3 is 0 Å². The number of hydrogen-bond acceptors (Lipinski definition) is 6. The lowest BCUT2D eigenvalue weighted by molar-refractivity contribution is -0.383. The van der Waals surface area contributed by atoms with Crippen LogP contribution in [0.1, 0.15) is 25.3 Å². The van der Waals surface area contributed by atoms with Crippen molar-refractivity contribution in [2.45, 2.75) is 33.2 Å². The summed E-state index contributed by atoms with van der Waals surface area (Å²) in [6.45, 7) is 5.96. The van der Waals surface area contributed by atoms with Crippen LogP contribution in [-0.2, 0) is 0 Å². The lowest BCUT2D eigenvalue weighted by Gasteiger charge is -2.22. The van der Waals surface area contributed by atoms with Crippen LogP contribution in [0.4, 0.5) is 11.4 Å². The Morgan fingerprint density at radius 1 is 1.48 bits per heavy atom. The van der Waals surface area contributed by atoms with Crippen LogP contribution in [0.5, 0.6) is 0 Å². The summed E-state index contributed by atoms with van der Waals surface area (Å²) in [5.41, 5.74) is 1.27. The molecule has 1 aromatic heterocycles. The molecule has 114 valence electrons.